The predicted octanol–water partition coefficient (Wildman–Crippen LogP) is 4.31. The van der Waals surface area contributed by atoms with Crippen molar-refractivity contribution < 1.29 is 9.59 Å². The first-order valence-electron chi connectivity index (χ1n) is 11.6. The number of rotatable bonds is 3. The monoisotopic (exact) mass is 446 g/mol. The molecule has 31 heavy (non-hydrogen) atoms. The molecule has 4 rings (SSSR count). The highest BCUT2D eigenvalue weighted by molar-refractivity contribution is 6.30. The van der Waals surface area contributed by atoms with E-state index >= 15 is 0 Å². The summed E-state index contributed by atoms with van der Waals surface area (Å²) in [6, 6.07) is 7.08. The number of anilines is 1. The lowest BCUT2D eigenvalue weighted by Gasteiger charge is -2.44. The second-order valence-electron chi connectivity index (χ2n) is 10.2. The van der Waals surface area contributed by atoms with E-state index in [1.54, 1.807) is 12.1 Å². The van der Waals surface area contributed by atoms with Gasteiger partial charge in [-0.25, -0.2) is 4.79 Å². The number of benzene rings is 1. The molecule has 1 N–H and O–H groups in total. The maximum Gasteiger partial charge on any atom is 0.321 e. The molecule has 0 bridgehead atoms. The number of piperidine rings is 2. The fourth-order valence-corrected chi connectivity index (χ4v) is 5.97. The van der Waals surface area contributed by atoms with E-state index in [1.165, 1.54) is 0 Å². The van der Waals surface area contributed by atoms with Crippen LogP contribution in [0.2, 0.25) is 5.02 Å². The van der Waals surface area contributed by atoms with E-state index in [-0.39, 0.29) is 17.0 Å². The van der Waals surface area contributed by atoms with E-state index in [0.29, 0.717) is 29.9 Å². The number of carbonyl (C=O) groups excluding carboxylic acids is 2. The summed E-state index contributed by atoms with van der Waals surface area (Å²) >= 11 is 5.93. The Hall–Kier alpha value is -1.79. The summed E-state index contributed by atoms with van der Waals surface area (Å²) in [6.07, 6.45) is 4.57. The molecule has 1 aromatic rings. The zero-order valence-corrected chi connectivity index (χ0v) is 19.7. The molecule has 7 heteroatoms. The van der Waals surface area contributed by atoms with Gasteiger partial charge in [0.25, 0.3) is 0 Å². The summed E-state index contributed by atoms with van der Waals surface area (Å²) < 4.78 is 0. The van der Waals surface area contributed by atoms with Crippen LogP contribution in [0.4, 0.5) is 10.5 Å². The topological polar surface area (TPSA) is 55.9 Å². The summed E-state index contributed by atoms with van der Waals surface area (Å²) in [4.78, 5) is 32.5. The van der Waals surface area contributed by atoms with Gasteiger partial charge >= 0.3 is 6.03 Å². The van der Waals surface area contributed by atoms with Crippen LogP contribution in [0.15, 0.2) is 24.3 Å². The van der Waals surface area contributed by atoms with Gasteiger partial charge < -0.3 is 20.0 Å². The van der Waals surface area contributed by atoms with Crippen molar-refractivity contribution in [1.29, 1.82) is 0 Å². The third-order valence-electron chi connectivity index (χ3n) is 7.65. The summed E-state index contributed by atoms with van der Waals surface area (Å²) in [5.74, 6) is 0.987. The minimum Gasteiger partial charge on any atom is -0.339 e. The molecule has 0 unspecified atom stereocenters. The van der Waals surface area contributed by atoms with Crippen LogP contribution in [0.5, 0.6) is 0 Å². The van der Waals surface area contributed by atoms with Crippen LogP contribution in [0.3, 0.4) is 0 Å². The quantitative estimate of drug-likeness (QED) is 0.752. The molecule has 0 aliphatic carbocycles. The normalized spacial score (nSPS) is 23.2. The fraction of sp³-hybridized carbons (Fsp3) is 0.667. The molecule has 0 radical (unpaired) electrons. The number of hydrogen-bond acceptors (Lipinski definition) is 3. The van der Waals surface area contributed by atoms with Crippen molar-refractivity contribution in [2.75, 3.05) is 45.1 Å². The Morgan fingerprint density at radius 1 is 1.06 bits per heavy atom. The van der Waals surface area contributed by atoms with Crippen LogP contribution in [0.25, 0.3) is 0 Å². The Balaban J connectivity index is 1.36. The third kappa shape index (κ3) is 4.42. The second-order valence-corrected chi connectivity index (χ2v) is 10.6. The molecule has 0 aromatic heterocycles. The zero-order valence-electron chi connectivity index (χ0n) is 19.0. The number of amides is 3. The molecular weight excluding hydrogens is 412 g/mol. The second kappa shape index (κ2) is 8.62. The number of nitrogens with one attached hydrogen (secondary N) is 1. The minimum absolute atomic E-state index is 0.0825. The van der Waals surface area contributed by atoms with Gasteiger partial charge in [0.1, 0.15) is 0 Å². The lowest BCUT2D eigenvalue weighted by atomic mass is 9.71. The van der Waals surface area contributed by atoms with Crippen LogP contribution >= 0.6 is 11.6 Å². The zero-order chi connectivity index (χ0) is 22.2. The van der Waals surface area contributed by atoms with Crippen LogP contribution < -0.4 is 5.32 Å². The average Bonchev–Trinajstić information content (AvgIpc) is 2.93. The largest absolute Gasteiger partial charge is 0.339 e. The highest BCUT2D eigenvalue weighted by Gasteiger charge is 2.58. The van der Waals surface area contributed by atoms with E-state index in [4.69, 9.17) is 11.6 Å². The van der Waals surface area contributed by atoms with Crippen LogP contribution in [0.1, 0.15) is 46.0 Å². The first kappa shape index (κ1) is 22.4. The molecule has 3 heterocycles. The Morgan fingerprint density at radius 2 is 1.68 bits per heavy atom. The summed E-state index contributed by atoms with van der Waals surface area (Å²) in [5, 5.41) is 3.61. The fourth-order valence-electron chi connectivity index (χ4n) is 5.84. The maximum atomic E-state index is 13.4. The SMILES string of the molecule is CC(C)CN1CCC2(CC1)CC1(CCN(C(=O)Nc3ccc(Cl)cc3)CC1)N(C)C2=O. The maximum absolute atomic E-state index is 13.4. The van der Waals surface area contributed by atoms with Crippen molar-refractivity contribution >= 4 is 29.2 Å². The van der Waals surface area contributed by atoms with E-state index < -0.39 is 0 Å². The Labute approximate surface area is 190 Å². The molecule has 0 saturated carbocycles. The number of nitrogens with zero attached hydrogens (tertiary/aromatic N) is 3. The summed E-state index contributed by atoms with van der Waals surface area (Å²) in [5.41, 5.74) is 0.444. The van der Waals surface area contributed by atoms with Gasteiger partial charge in [-0.3, -0.25) is 4.79 Å². The van der Waals surface area contributed by atoms with Gasteiger partial charge in [-0.1, -0.05) is 25.4 Å². The van der Waals surface area contributed by atoms with Crippen molar-refractivity contribution in [3.05, 3.63) is 29.3 Å². The van der Waals surface area contributed by atoms with Gasteiger partial charge in [0.15, 0.2) is 0 Å². The molecule has 0 atom stereocenters. The first-order chi connectivity index (χ1) is 14.7. The third-order valence-corrected chi connectivity index (χ3v) is 7.90. The molecule has 3 saturated heterocycles. The highest BCUT2D eigenvalue weighted by Crippen LogP contribution is 2.52. The summed E-state index contributed by atoms with van der Waals surface area (Å²) in [6.45, 7) is 9.00. The molecule has 3 amide bonds. The van der Waals surface area contributed by atoms with Gasteiger partial charge in [-0.15, -0.1) is 0 Å². The number of urea groups is 1. The average molecular weight is 447 g/mol. The van der Waals surface area contributed by atoms with Crippen LogP contribution in [0, 0.1) is 11.3 Å². The molecule has 6 nitrogen and oxygen atoms in total. The van der Waals surface area contributed by atoms with Crippen molar-refractivity contribution in [1.82, 2.24) is 14.7 Å². The van der Waals surface area contributed by atoms with Crippen LogP contribution in [-0.4, -0.2) is 71.9 Å². The minimum atomic E-state index is -0.198. The van der Waals surface area contributed by atoms with Crippen LogP contribution in [-0.2, 0) is 4.79 Å². The van der Waals surface area contributed by atoms with Gasteiger partial charge in [-0.2, -0.15) is 0 Å². The first-order valence-corrected chi connectivity index (χ1v) is 11.9. The van der Waals surface area contributed by atoms with Gasteiger partial charge in [0, 0.05) is 42.9 Å². The highest BCUT2D eigenvalue weighted by atomic mass is 35.5. The molecular formula is C24H35ClN4O2. The van der Waals surface area contributed by atoms with E-state index in [1.807, 2.05) is 29.0 Å². The van der Waals surface area contributed by atoms with Crippen molar-refractivity contribution in [2.24, 2.45) is 11.3 Å². The Bertz CT molecular complexity index is 809. The van der Waals surface area contributed by atoms with Gasteiger partial charge in [-0.05, 0) is 75.4 Å². The van der Waals surface area contributed by atoms with E-state index in [2.05, 4.69) is 24.1 Å². The van der Waals surface area contributed by atoms with Gasteiger partial charge in [0.05, 0.1) is 5.41 Å². The molecule has 3 fully saturated rings. The number of carbonyl (C=O) groups is 2. The lowest BCUT2D eigenvalue weighted by Crippen LogP contribution is -2.53. The van der Waals surface area contributed by atoms with E-state index in [9.17, 15) is 9.59 Å². The molecule has 2 spiro atoms. The molecule has 1 aromatic carbocycles. The van der Waals surface area contributed by atoms with Crippen molar-refractivity contribution in [3.63, 3.8) is 0 Å². The molecule has 170 valence electrons. The number of halogens is 1. The number of likely N-dealkylation sites (tertiary alicyclic amines) is 3. The Kier molecular flexibility index (Phi) is 6.23. The lowest BCUT2D eigenvalue weighted by molar-refractivity contribution is -0.139. The van der Waals surface area contributed by atoms with Gasteiger partial charge in [0.2, 0.25) is 5.91 Å². The molecule has 3 aliphatic heterocycles. The van der Waals surface area contributed by atoms with E-state index in [0.717, 1.165) is 57.4 Å². The standard InChI is InChI=1S/C24H35ClN4O2/c1-18(2)16-28-12-8-23(9-13-28)17-24(27(3)21(23)30)10-14-29(15-11-24)22(31)26-20-6-4-19(25)5-7-20/h4-7,18H,8-17H2,1-3H3,(H,26,31). The number of hydrogen-bond donors (Lipinski definition) is 1. The molecule has 3 aliphatic rings. The van der Waals surface area contributed by atoms with Crippen molar-refractivity contribution in [2.45, 2.75) is 51.5 Å². The smallest absolute Gasteiger partial charge is 0.321 e. The van der Waals surface area contributed by atoms with Crippen molar-refractivity contribution in [3.8, 4) is 0 Å². The predicted molar refractivity (Wildman–Crippen MR) is 124 cm³/mol. The summed E-state index contributed by atoms with van der Waals surface area (Å²) in [7, 11) is 1.99. The Morgan fingerprint density at radius 3 is 2.26 bits per heavy atom.